The molecule has 3 aromatic carbocycles. The van der Waals surface area contributed by atoms with Crippen molar-refractivity contribution in [2.24, 2.45) is 0 Å². The standard InChI is InChI=1S/C27H26N2/c1-17-8-6-11-22(13-17)27-26(23-14-18(2)12-19(3)15-23)28-16-24(29-27)25-20(4)9-7-10-21(25)5/h6-16H,1-5H3. The van der Waals surface area contributed by atoms with Crippen molar-refractivity contribution in [3.05, 3.63) is 94.7 Å². The van der Waals surface area contributed by atoms with Crippen LogP contribution in [0.25, 0.3) is 33.8 Å². The molecule has 2 nitrogen and oxygen atoms in total. The summed E-state index contributed by atoms with van der Waals surface area (Å²) in [4.78, 5) is 10.1. The third kappa shape index (κ3) is 3.84. The Morgan fingerprint density at radius 1 is 0.586 bits per heavy atom. The zero-order valence-electron chi connectivity index (χ0n) is 17.7. The van der Waals surface area contributed by atoms with Crippen LogP contribution in [0.2, 0.25) is 0 Å². The molecule has 0 atom stereocenters. The van der Waals surface area contributed by atoms with Crippen molar-refractivity contribution < 1.29 is 0 Å². The molecule has 4 aromatic rings. The average Bonchev–Trinajstić information content (AvgIpc) is 2.67. The molecular formula is C27H26N2. The Kier molecular flexibility index (Phi) is 5.02. The Bertz CT molecular complexity index is 1160. The van der Waals surface area contributed by atoms with Gasteiger partial charge in [0.2, 0.25) is 0 Å². The molecule has 4 rings (SSSR count). The van der Waals surface area contributed by atoms with Gasteiger partial charge in [-0.25, -0.2) is 4.98 Å². The molecule has 0 saturated carbocycles. The number of benzene rings is 3. The molecule has 0 saturated heterocycles. The Hall–Kier alpha value is -3.26. The highest BCUT2D eigenvalue weighted by Crippen LogP contribution is 2.34. The molecule has 0 aliphatic heterocycles. The smallest absolute Gasteiger partial charge is 0.0972 e. The van der Waals surface area contributed by atoms with E-state index < -0.39 is 0 Å². The van der Waals surface area contributed by atoms with Gasteiger partial charge >= 0.3 is 0 Å². The second-order valence-electron chi connectivity index (χ2n) is 7.97. The Morgan fingerprint density at radius 2 is 1.21 bits per heavy atom. The molecule has 0 spiro atoms. The van der Waals surface area contributed by atoms with E-state index in [2.05, 4.69) is 95.3 Å². The fourth-order valence-corrected chi connectivity index (χ4v) is 4.04. The monoisotopic (exact) mass is 378 g/mol. The van der Waals surface area contributed by atoms with Crippen LogP contribution >= 0.6 is 0 Å². The van der Waals surface area contributed by atoms with Crippen LogP contribution in [0.1, 0.15) is 27.8 Å². The molecule has 144 valence electrons. The molecule has 29 heavy (non-hydrogen) atoms. The maximum atomic E-state index is 5.15. The molecule has 0 fully saturated rings. The molecule has 0 radical (unpaired) electrons. The van der Waals surface area contributed by atoms with Crippen LogP contribution < -0.4 is 0 Å². The first-order chi connectivity index (χ1) is 13.9. The zero-order valence-corrected chi connectivity index (χ0v) is 17.7. The van der Waals surface area contributed by atoms with Gasteiger partial charge in [-0.15, -0.1) is 0 Å². The van der Waals surface area contributed by atoms with Gasteiger partial charge in [0.05, 0.1) is 23.3 Å². The number of nitrogens with zero attached hydrogens (tertiary/aromatic N) is 2. The number of aryl methyl sites for hydroxylation is 5. The molecule has 1 heterocycles. The summed E-state index contributed by atoms with van der Waals surface area (Å²) in [6.07, 6.45) is 1.92. The molecule has 0 N–H and O–H groups in total. The van der Waals surface area contributed by atoms with Crippen LogP contribution in [0.3, 0.4) is 0 Å². The second-order valence-corrected chi connectivity index (χ2v) is 7.97. The number of aromatic nitrogens is 2. The minimum absolute atomic E-state index is 0.922. The summed E-state index contributed by atoms with van der Waals surface area (Å²) in [6.45, 7) is 10.6. The molecule has 0 bridgehead atoms. The normalized spacial score (nSPS) is 10.9. The first-order valence-corrected chi connectivity index (χ1v) is 10.0. The van der Waals surface area contributed by atoms with Crippen molar-refractivity contribution >= 4 is 0 Å². The Labute approximate surface area is 173 Å². The summed E-state index contributed by atoms with van der Waals surface area (Å²) < 4.78 is 0. The van der Waals surface area contributed by atoms with E-state index in [4.69, 9.17) is 9.97 Å². The van der Waals surface area contributed by atoms with E-state index in [0.717, 1.165) is 28.2 Å². The molecule has 0 unspecified atom stereocenters. The summed E-state index contributed by atoms with van der Waals surface area (Å²) in [5, 5.41) is 0. The van der Waals surface area contributed by atoms with Gasteiger partial charge in [-0.2, -0.15) is 0 Å². The largest absolute Gasteiger partial charge is 0.252 e. The van der Waals surface area contributed by atoms with Crippen LogP contribution in [0.15, 0.2) is 66.9 Å². The van der Waals surface area contributed by atoms with Crippen molar-refractivity contribution in [3.63, 3.8) is 0 Å². The van der Waals surface area contributed by atoms with Crippen LogP contribution in [0.5, 0.6) is 0 Å². The van der Waals surface area contributed by atoms with E-state index in [-0.39, 0.29) is 0 Å². The fraction of sp³-hybridized carbons (Fsp3) is 0.185. The summed E-state index contributed by atoms with van der Waals surface area (Å²) in [5.41, 5.74) is 12.3. The summed E-state index contributed by atoms with van der Waals surface area (Å²) in [5.74, 6) is 0. The maximum Gasteiger partial charge on any atom is 0.0972 e. The van der Waals surface area contributed by atoms with Crippen molar-refractivity contribution in [3.8, 4) is 33.8 Å². The van der Waals surface area contributed by atoms with Crippen LogP contribution in [-0.4, -0.2) is 9.97 Å². The topological polar surface area (TPSA) is 25.8 Å². The van der Waals surface area contributed by atoms with Crippen LogP contribution in [0.4, 0.5) is 0 Å². The summed E-state index contributed by atoms with van der Waals surface area (Å²) in [6, 6.07) is 21.4. The minimum Gasteiger partial charge on any atom is -0.252 e. The van der Waals surface area contributed by atoms with E-state index in [9.17, 15) is 0 Å². The molecule has 1 aromatic heterocycles. The lowest BCUT2D eigenvalue weighted by Crippen LogP contribution is -1.99. The van der Waals surface area contributed by atoms with E-state index >= 15 is 0 Å². The van der Waals surface area contributed by atoms with Gasteiger partial charge in [-0.05, 0) is 63.9 Å². The van der Waals surface area contributed by atoms with Gasteiger partial charge in [0.25, 0.3) is 0 Å². The summed E-state index contributed by atoms with van der Waals surface area (Å²) in [7, 11) is 0. The van der Waals surface area contributed by atoms with Gasteiger partial charge in [-0.1, -0.05) is 59.2 Å². The number of hydrogen-bond donors (Lipinski definition) is 0. The third-order valence-corrected chi connectivity index (χ3v) is 5.30. The lowest BCUT2D eigenvalue weighted by molar-refractivity contribution is 1.19. The first kappa shape index (κ1) is 19.1. The highest BCUT2D eigenvalue weighted by atomic mass is 14.8. The van der Waals surface area contributed by atoms with Gasteiger partial charge < -0.3 is 0 Å². The van der Waals surface area contributed by atoms with E-state index in [1.165, 1.54) is 33.4 Å². The second kappa shape index (κ2) is 7.63. The quantitative estimate of drug-likeness (QED) is 0.383. The van der Waals surface area contributed by atoms with Crippen molar-refractivity contribution in [2.45, 2.75) is 34.6 Å². The Balaban J connectivity index is 1.99. The highest BCUT2D eigenvalue weighted by molar-refractivity contribution is 5.81. The summed E-state index contributed by atoms with van der Waals surface area (Å²) >= 11 is 0. The van der Waals surface area contributed by atoms with E-state index in [0.29, 0.717) is 0 Å². The van der Waals surface area contributed by atoms with E-state index in [1.807, 2.05) is 6.20 Å². The van der Waals surface area contributed by atoms with Crippen LogP contribution in [0, 0.1) is 34.6 Å². The fourth-order valence-electron chi connectivity index (χ4n) is 4.04. The van der Waals surface area contributed by atoms with Gasteiger partial charge in [0, 0.05) is 16.7 Å². The third-order valence-electron chi connectivity index (χ3n) is 5.30. The molecular weight excluding hydrogens is 352 g/mol. The lowest BCUT2D eigenvalue weighted by Gasteiger charge is -2.14. The predicted molar refractivity (Wildman–Crippen MR) is 122 cm³/mol. The maximum absolute atomic E-state index is 5.15. The molecule has 0 aliphatic rings. The molecule has 2 heteroatoms. The van der Waals surface area contributed by atoms with Crippen molar-refractivity contribution in [1.29, 1.82) is 0 Å². The van der Waals surface area contributed by atoms with Crippen molar-refractivity contribution in [2.75, 3.05) is 0 Å². The van der Waals surface area contributed by atoms with Gasteiger partial charge in [0.1, 0.15) is 0 Å². The van der Waals surface area contributed by atoms with E-state index in [1.54, 1.807) is 0 Å². The Morgan fingerprint density at radius 3 is 1.86 bits per heavy atom. The SMILES string of the molecule is Cc1cc(C)cc(-c2ncc(-c3c(C)cccc3C)nc2-c2cccc(C)c2)c1. The van der Waals surface area contributed by atoms with Crippen molar-refractivity contribution in [1.82, 2.24) is 9.97 Å². The average molecular weight is 379 g/mol. The highest BCUT2D eigenvalue weighted by Gasteiger charge is 2.16. The van der Waals surface area contributed by atoms with Gasteiger partial charge in [0.15, 0.2) is 0 Å². The molecule has 0 amide bonds. The zero-order chi connectivity index (χ0) is 20.5. The predicted octanol–water partition coefficient (Wildman–Crippen LogP) is 7.02. The van der Waals surface area contributed by atoms with Crippen LogP contribution in [-0.2, 0) is 0 Å². The minimum atomic E-state index is 0.922. The first-order valence-electron chi connectivity index (χ1n) is 10.0. The number of hydrogen-bond acceptors (Lipinski definition) is 2. The van der Waals surface area contributed by atoms with Gasteiger partial charge in [-0.3, -0.25) is 4.98 Å². The molecule has 0 aliphatic carbocycles. The lowest BCUT2D eigenvalue weighted by atomic mass is 9.97. The number of rotatable bonds is 3.